The predicted molar refractivity (Wildman–Crippen MR) is 95.4 cm³/mol. The van der Waals surface area contributed by atoms with Gasteiger partial charge in [0.05, 0.1) is 6.10 Å². The number of carbonyl (C=O) groups is 1. The summed E-state index contributed by atoms with van der Waals surface area (Å²) in [5.41, 5.74) is 0.173. The van der Waals surface area contributed by atoms with Crippen LogP contribution in [0.15, 0.2) is 0 Å². The van der Waals surface area contributed by atoms with Crippen molar-refractivity contribution in [1.29, 1.82) is 0 Å². The summed E-state index contributed by atoms with van der Waals surface area (Å²) in [6.45, 7) is 11.9. The Morgan fingerprint density at radius 3 is 2.48 bits per heavy atom. The van der Waals surface area contributed by atoms with Crippen LogP contribution in [0.3, 0.4) is 0 Å². The number of hydrogen-bond acceptors (Lipinski definition) is 2. The van der Waals surface area contributed by atoms with Gasteiger partial charge >= 0.3 is 0 Å². The summed E-state index contributed by atoms with van der Waals surface area (Å²) < 4.78 is 6.00. The quantitative estimate of drug-likeness (QED) is 0.712. The molecule has 134 valence electrons. The van der Waals surface area contributed by atoms with Crippen molar-refractivity contribution < 1.29 is 9.53 Å². The Morgan fingerprint density at radius 1 is 1.17 bits per heavy atom. The number of piperidine rings is 1. The molecule has 2 heterocycles. The highest BCUT2D eigenvalue weighted by molar-refractivity contribution is 5.77. The second-order valence-electron chi connectivity index (χ2n) is 8.66. The van der Waals surface area contributed by atoms with E-state index >= 15 is 0 Å². The molecule has 3 heteroatoms. The highest BCUT2D eigenvalue weighted by Crippen LogP contribution is 2.44. The number of likely N-dealkylation sites (tertiary alicyclic amines) is 1. The van der Waals surface area contributed by atoms with E-state index in [-0.39, 0.29) is 5.41 Å². The predicted octanol–water partition coefficient (Wildman–Crippen LogP) is 4.65. The normalized spacial score (nSPS) is 29.3. The van der Waals surface area contributed by atoms with Crippen LogP contribution in [0.5, 0.6) is 0 Å². The number of rotatable bonds is 6. The maximum atomic E-state index is 12.9. The van der Waals surface area contributed by atoms with Gasteiger partial charge in [-0.3, -0.25) is 4.79 Å². The molecule has 2 rings (SSSR count). The smallest absolute Gasteiger partial charge is 0.223 e. The Hall–Kier alpha value is -0.570. The van der Waals surface area contributed by atoms with Gasteiger partial charge in [-0.05, 0) is 55.8 Å². The van der Waals surface area contributed by atoms with E-state index in [1.54, 1.807) is 0 Å². The van der Waals surface area contributed by atoms with Crippen LogP contribution in [-0.2, 0) is 9.53 Å². The first-order valence-corrected chi connectivity index (χ1v) is 9.81. The number of carbonyl (C=O) groups excluding carboxylic acids is 1. The van der Waals surface area contributed by atoms with Gasteiger partial charge in [-0.1, -0.05) is 34.1 Å². The lowest BCUT2D eigenvalue weighted by Gasteiger charge is -2.43. The molecule has 23 heavy (non-hydrogen) atoms. The molecule has 1 amide bonds. The second-order valence-corrected chi connectivity index (χ2v) is 8.66. The van der Waals surface area contributed by atoms with Gasteiger partial charge in [0, 0.05) is 26.1 Å². The maximum Gasteiger partial charge on any atom is 0.223 e. The molecule has 0 aromatic carbocycles. The van der Waals surface area contributed by atoms with Crippen molar-refractivity contribution in [3.8, 4) is 0 Å². The number of ether oxygens (including phenoxy) is 1. The third-order valence-corrected chi connectivity index (χ3v) is 5.83. The van der Waals surface area contributed by atoms with E-state index in [0.29, 0.717) is 23.8 Å². The van der Waals surface area contributed by atoms with Crippen LogP contribution in [0.2, 0.25) is 0 Å². The molecule has 2 saturated heterocycles. The highest BCUT2D eigenvalue weighted by atomic mass is 16.5. The average Bonchev–Trinajstić information content (AvgIpc) is 2.54. The molecule has 0 aliphatic carbocycles. The Kier molecular flexibility index (Phi) is 6.94. The minimum absolute atomic E-state index is 0.173. The van der Waals surface area contributed by atoms with Crippen LogP contribution in [0.4, 0.5) is 0 Å². The standard InChI is InChI=1S/C20H37NO2/c1-16(2)8-9-20(10-13-23-18(14-20)17(3)4)15-19(22)21-11-6-5-7-12-21/h16-18H,5-15H2,1-4H3/t18-,20-/m1/s1. The van der Waals surface area contributed by atoms with E-state index in [1.165, 1.54) is 32.1 Å². The van der Waals surface area contributed by atoms with Gasteiger partial charge < -0.3 is 9.64 Å². The molecule has 0 radical (unpaired) electrons. The first-order valence-electron chi connectivity index (χ1n) is 9.81. The fourth-order valence-corrected chi connectivity index (χ4v) is 4.09. The van der Waals surface area contributed by atoms with E-state index in [1.807, 2.05) is 0 Å². The van der Waals surface area contributed by atoms with Gasteiger partial charge in [0.15, 0.2) is 0 Å². The van der Waals surface area contributed by atoms with Crippen molar-refractivity contribution in [2.45, 2.75) is 85.2 Å². The minimum atomic E-state index is 0.173. The van der Waals surface area contributed by atoms with Gasteiger partial charge in [0.1, 0.15) is 0 Å². The minimum Gasteiger partial charge on any atom is -0.378 e. The van der Waals surface area contributed by atoms with Gasteiger partial charge in [-0.25, -0.2) is 0 Å². The lowest BCUT2D eigenvalue weighted by molar-refractivity contribution is -0.139. The summed E-state index contributed by atoms with van der Waals surface area (Å²) in [6.07, 6.45) is 9.24. The molecule has 2 atom stereocenters. The second kappa shape index (κ2) is 8.50. The van der Waals surface area contributed by atoms with Crippen LogP contribution in [0.1, 0.15) is 79.1 Å². The van der Waals surface area contributed by atoms with E-state index in [9.17, 15) is 4.79 Å². The third-order valence-electron chi connectivity index (χ3n) is 5.83. The maximum absolute atomic E-state index is 12.9. The van der Waals surface area contributed by atoms with Gasteiger partial charge in [0.2, 0.25) is 5.91 Å². The molecule has 0 aromatic heterocycles. The van der Waals surface area contributed by atoms with Crippen molar-refractivity contribution in [1.82, 2.24) is 4.90 Å². The fraction of sp³-hybridized carbons (Fsp3) is 0.950. The largest absolute Gasteiger partial charge is 0.378 e. The number of nitrogens with zero attached hydrogens (tertiary/aromatic N) is 1. The molecule has 2 fully saturated rings. The van der Waals surface area contributed by atoms with Crippen LogP contribution in [0.25, 0.3) is 0 Å². The monoisotopic (exact) mass is 323 g/mol. The van der Waals surface area contributed by atoms with Crippen molar-refractivity contribution in [2.24, 2.45) is 17.3 Å². The van der Waals surface area contributed by atoms with Gasteiger partial charge in [-0.15, -0.1) is 0 Å². The lowest BCUT2D eigenvalue weighted by atomic mass is 9.69. The van der Waals surface area contributed by atoms with Crippen molar-refractivity contribution >= 4 is 5.91 Å². The van der Waals surface area contributed by atoms with Crippen LogP contribution >= 0.6 is 0 Å². The Balaban J connectivity index is 2.04. The van der Waals surface area contributed by atoms with E-state index < -0.39 is 0 Å². The summed E-state index contributed by atoms with van der Waals surface area (Å²) in [5.74, 6) is 1.65. The number of hydrogen-bond donors (Lipinski definition) is 0. The molecule has 0 aromatic rings. The van der Waals surface area contributed by atoms with Crippen LogP contribution in [0, 0.1) is 17.3 Å². The van der Waals surface area contributed by atoms with E-state index in [4.69, 9.17) is 4.74 Å². The van der Waals surface area contributed by atoms with Crippen molar-refractivity contribution in [2.75, 3.05) is 19.7 Å². The van der Waals surface area contributed by atoms with Crippen molar-refractivity contribution in [3.63, 3.8) is 0 Å². The molecule has 0 bridgehead atoms. The van der Waals surface area contributed by atoms with Crippen LogP contribution in [-0.4, -0.2) is 36.6 Å². The van der Waals surface area contributed by atoms with Crippen LogP contribution < -0.4 is 0 Å². The van der Waals surface area contributed by atoms with E-state index in [2.05, 4.69) is 32.6 Å². The molecule has 0 spiro atoms. The summed E-state index contributed by atoms with van der Waals surface area (Å²) in [7, 11) is 0. The zero-order valence-corrected chi connectivity index (χ0v) is 15.8. The molecular formula is C20H37NO2. The number of amides is 1. The summed E-state index contributed by atoms with van der Waals surface area (Å²) in [6, 6.07) is 0. The van der Waals surface area contributed by atoms with Gasteiger partial charge in [0.25, 0.3) is 0 Å². The first-order chi connectivity index (χ1) is 10.9. The zero-order chi connectivity index (χ0) is 16.9. The molecule has 2 aliphatic rings. The molecule has 0 N–H and O–H groups in total. The van der Waals surface area contributed by atoms with E-state index in [0.717, 1.165) is 39.0 Å². The molecule has 0 unspecified atom stereocenters. The highest BCUT2D eigenvalue weighted by Gasteiger charge is 2.40. The lowest BCUT2D eigenvalue weighted by Crippen LogP contribution is -2.43. The Bertz CT molecular complexity index is 374. The molecular weight excluding hydrogens is 286 g/mol. The summed E-state index contributed by atoms with van der Waals surface area (Å²) >= 11 is 0. The van der Waals surface area contributed by atoms with Crippen molar-refractivity contribution in [3.05, 3.63) is 0 Å². The molecule has 2 aliphatic heterocycles. The Morgan fingerprint density at radius 2 is 1.87 bits per heavy atom. The topological polar surface area (TPSA) is 29.5 Å². The SMILES string of the molecule is CC(C)CC[C@@]1(CC(=O)N2CCCCC2)CCO[C@@H](C(C)C)C1. The zero-order valence-electron chi connectivity index (χ0n) is 15.8. The fourth-order valence-electron chi connectivity index (χ4n) is 4.09. The molecule has 0 saturated carbocycles. The third kappa shape index (κ3) is 5.48. The molecule has 3 nitrogen and oxygen atoms in total. The summed E-state index contributed by atoms with van der Waals surface area (Å²) in [5, 5.41) is 0. The first kappa shape index (κ1) is 18.8. The average molecular weight is 324 g/mol. The Labute approximate surface area is 143 Å². The van der Waals surface area contributed by atoms with Gasteiger partial charge in [-0.2, -0.15) is 0 Å². The summed E-state index contributed by atoms with van der Waals surface area (Å²) in [4.78, 5) is 15.0.